The minimum atomic E-state index is -0.446. The third kappa shape index (κ3) is 6.79. The second-order valence-electron chi connectivity index (χ2n) is 6.11. The predicted octanol–water partition coefficient (Wildman–Crippen LogP) is 3.81. The number of benzene rings is 2. The van der Waals surface area contributed by atoms with Crippen molar-refractivity contribution in [3.8, 4) is 5.75 Å². The first-order chi connectivity index (χ1) is 10.8. The molecule has 0 aliphatic carbocycles. The van der Waals surface area contributed by atoms with Gasteiger partial charge in [-0.05, 0) is 49.7 Å². The number of hydrogen-bond donors (Lipinski definition) is 2. The van der Waals surface area contributed by atoms with Crippen molar-refractivity contribution in [1.29, 1.82) is 0 Å². The highest BCUT2D eigenvalue weighted by molar-refractivity contribution is 6.30. The lowest BCUT2D eigenvalue weighted by Gasteiger charge is -2.19. The van der Waals surface area contributed by atoms with Crippen LogP contribution >= 0.6 is 24.0 Å². The van der Waals surface area contributed by atoms with Crippen molar-refractivity contribution < 1.29 is 9.53 Å². The summed E-state index contributed by atoms with van der Waals surface area (Å²) in [4.78, 5) is 12.1. The molecule has 24 heavy (non-hydrogen) atoms. The van der Waals surface area contributed by atoms with Gasteiger partial charge < -0.3 is 15.8 Å². The molecule has 6 heteroatoms. The summed E-state index contributed by atoms with van der Waals surface area (Å²) in [7, 11) is 0. The van der Waals surface area contributed by atoms with E-state index < -0.39 is 5.54 Å². The highest BCUT2D eigenvalue weighted by Gasteiger charge is 2.13. The Morgan fingerprint density at radius 1 is 1.21 bits per heavy atom. The second kappa shape index (κ2) is 8.92. The van der Waals surface area contributed by atoms with Crippen LogP contribution in [0.2, 0.25) is 5.02 Å². The Balaban J connectivity index is 0.00000288. The molecule has 0 aliphatic rings. The fourth-order valence-corrected chi connectivity index (χ4v) is 2.01. The first-order valence-electron chi connectivity index (χ1n) is 7.38. The molecule has 0 heterocycles. The van der Waals surface area contributed by atoms with Crippen LogP contribution in [0.25, 0.3) is 0 Å². The van der Waals surface area contributed by atoms with E-state index in [4.69, 9.17) is 22.1 Å². The van der Waals surface area contributed by atoms with Gasteiger partial charge in [-0.3, -0.25) is 4.79 Å². The number of hydrogen-bond acceptors (Lipinski definition) is 3. The number of carbonyl (C=O) groups is 1. The molecule has 2 rings (SSSR count). The van der Waals surface area contributed by atoms with Gasteiger partial charge in [-0.2, -0.15) is 0 Å². The largest absolute Gasteiger partial charge is 0.489 e. The van der Waals surface area contributed by atoms with E-state index in [0.29, 0.717) is 29.5 Å². The fourth-order valence-electron chi connectivity index (χ4n) is 1.88. The first-order valence-corrected chi connectivity index (χ1v) is 7.76. The Labute approximate surface area is 153 Å². The molecule has 2 aromatic rings. The molecule has 130 valence electrons. The van der Waals surface area contributed by atoms with Crippen LogP contribution in [-0.4, -0.2) is 18.0 Å². The molecular weight excluding hydrogens is 347 g/mol. The lowest BCUT2D eigenvalue weighted by atomic mass is 10.1. The molecule has 4 nitrogen and oxygen atoms in total. The summed E-state index contributed by atoms with van der Waals surface area (Å²) in [6.45, 7) is 4.54. The van der Waals surface area contributed by atoms with Gasteiger partial charge in [0.1, 0.15) is 12.4 Å². The molecule has 3 N–H and O–H groups in total. The topological polar surface area (TPSA) is 64.3 Å². The minimum absolute atomic E-state index is 0. The zero-order chi connectivity index (χ0) is 16.9. The molecule has 0 atom stereocenters. The smallest absolute Gasteiger partial charge is 0.251 e. The Morgan fingerprint density at radius 3 is 2.50 bits per heavy atom. The van der Waals surface area contributed by atoms with Gasteiger partial charge in [0.15, 0.2) is 0 Å². The van der Waals surface area contributed by atoms with Crippen LogP contribution in [0.3, 0.4) is 0 Å². The molecule has 0 fully saturated rings. The Hall–Kier alpha value is -1.75. The SMILES string of the molecule is CC(C)(N)CNC(=O)c1cccc(OCc2ccc(Cl)cc2)c1.Cl. The number of nitrogens with one attached hydrogen (secondary N) is 1. The summed E-state index contributed by atoms with van der Waals surface area (Å²) in [6.07, 6.45) is 0. The number of rotatable bonds is 6. The van der Waals surface area contributed by atoms with Crippen LogP contribution in [0.5, 0.6) is 5.75 Å². The zero-order valence-corrected chi connectivity index (χ0v) is 15.3. The number of halogens is 2. The van der Waals surface area contributed by atoms with E-state index in [1.165, 1.54) is 0 Å². The second-order valence-corrected chi connectivity index (χ2v) is 6.55. The van der Waals surface area contributed by atoms with Crippen molar-refractivity contribution in [3.05, 3.63) is 64.7 Å². The highest BCUT2D eigenvalue weighted by atomic mass is 35.5. The van der Waals surface area contributed by atoms with Crippen LogP contribution in [-0.2, 0) is 6.61 Å². The van der Waals surface area contributed by atoms with Crippen LogP contribution in [0.15, 0.2) is 48.5 Å². The van der Waals surface area contributed by atoms with Crippen molar-refractivity contribution in [1.82, 2.24) is 5.32 Å². The molecule has 0 bridgehead atoms. The third-order valence-corrected chi connectivity index (χ3v) is 3.37. The quantitative estimate of drug-likeness (QED) is 0.814. The molecule has 0 saturated heterocycles. The number of carbonyl (C=O) groups excluding carboxylic acids is 1. The molecule has 0 saturated carbocycles. The van der Waals surface area contributed by atoms with E-state index in [0.717, 1.165) is 5.56 Å². The van der Waals surface area contributed by atoms with Crippen LogP contribution < -0.4 is 15.8 Å². The highest BCUT2D eigenvalue weighted by Crippen LogP contribution is 2.16. The summed E-state index contributed by atoms with van der Waals surface area (Å²) in [5.74, 6) is 0.472. The van der Waals surface area contributed by atoms with E-state index in [1.54, 1.807) is 18.2 Å². The van der Waals surface area contributed by atoms with Crippen molar-refractivity contribution >= 4 is 29.9 Å². The molecule has 0 aromatic heterocycles. The maximum Gasteiger partial charge on any atom is 0.251 e. The molecule has 2 aromatic carbocycles. The number of amides is 1. The minimum Gasteiger partial charge on any atom is -0.489 e. The van der Waals surface area contributed by atoms with Crippen LogP contribution in [0.1, 0.15) is 29.8 Å². The van der Waals surface area contributed by atoms with Gasteiger partial charge in [-0.15, -0.1) is 12.4 Å². The normalized spacial score (nSPS) is 10.7. The molecular formula is C18H22Cl2N2O2. The van der Waals surface area contributed by atoms with Crippen molar-refractivity contribution in [2.45, 2.75) is 26.0 Å². The van der Waals surface area contributed by atoms with Crippen molar-refractivity contribution in [2.75, 3.05) is 6.54 Å². The van der Waals surface area contributed by atoms with Crippen molar-refractivity contribution in [2.24, 2.45) is 5.73 Å². The average molecular weight is 369 g/mol. The molecule has 0 radical (unpaired) electrons. The zero-order valence-electron chi connectivity index (χ0n) is 13.7. The summed E-state index contributed by atoms with van der Waals surface area (Å²) in [5, 5.41) is 3.50. The maximum atomic E-state index is 12.1. The van der Waals surface area contributed by atoms with E-state index in [2.05, 4.69) is 5.32 Å². The molecule has 0 spiro atoms. The van der Waals surface area contributed by atoms with Crippen LogP contribution in [0.4, 0.5) is 0 Å². The summed E-state index contributed by atoms with van der Waals surface area (Å²) in [6, 6.07) is 14.5. The number of nitrogens with two attached hydrogens (primary N) is 1. The maximum absolute atomic E-state index is 12.1. The van der Waals surface area contributed by atoms with E-state index in [-0.39, 0.29) is 18.3 Å². The van der Waals surface area contributed by atoms with E-state index in [1.807, 2.05) is 44.2 Å². The van der Waals surface area contributed by atoms with Gasteiger partial charge in [0.2, 0.25) is 0 Å². The monoisotopic (exact) mass is 368 g/mol. The summed E-state index contributed by atoms with van der Waals surface area (Å²) in [5.41, 5.74) is 6.97. The number of ether oxygens (including phenoxy) is 1. The predicted molar refractivity (Wildman–Crippen MR) is 100 cm³/mol. The van der Waals surface area contributed by atoms with Gasteiger partial charge in [0.25, 0.3) is 5.91 Å². The molecule has 0 unspecified atom stereocenters. The fraction of sp³-hybridized carbons (Fsp3) is 0.278. The Morgan fingerprint density at radius 2 is 1.88 bits per heavy atom. The first kappa shape index (κ1) is 20.3. The van der Waals surface area contributed by atoms with E-state index in [9.17, 15) is 4.79 Å². The van der Waals surface area contributed by atoms with Gasteiger partial charge in [0, 0.05) is 22.7 Å². The average Bonchev–Trinajstić information content (AvgIpc) is 2.51. The van der Waals surface area contributed by atoms with Gasteiger partial charge in [-0.1, -0.05) is 29.8 Å². The Bertz CT molecular complexity index is 667. The van der Waals surface area contributed by atoms with E-state index >= 15 is 0 Å². The lowest BCUT2D eigenvalue weighted by Crippen LogP contribution is -2.45. The summed E-state index contributed by atoms with van der Waals surface area (Å²) >= 11 is 5.85. The standard InChI is InChI=1S/C18H21ClN2O2.ClH/c1-18(2,20)12-21-17(22)14-4-3-5-16(10-14)23-11-13-6-8-15(19)9-7-13;/h3-10H,11-12,20H2,1-2H3,(H,21,22);1H. The van der Waals surface area contributed by atoms with Gasteiger partial charge in [0.05, 0.1) is 0 Å². The van der Waals surface area contributed by atoms with Crippen LogP contribution in [0, 0.1) is 0 Å². The molecule has 0 aliphatic heterocycles. The Kier molecular flexibility index (Phi) is 7.55. The van der Waals surface area contributed by atoms with Gasteiger partial charge in [-0.25, -0.2) is 0 Å². The third-order valence-electron chi connectivity index (χ3n) is 3.12. The van der Waals surface area contributed by atoms with Crippen molar-refractivity contribution in [3.63, 3.8) is 0 Å². The molecule has 1 amide bonds. The summed E-state index contributed by atoms with van der Waals surface area (Å²) < 4.78 is 5.72. The lowest BCUT2D eigenvalue weighted by molar-refractivity contribution is 0.0945. The van der Waals surface area contributed by atoms with Gasteiger partial charge >= 0.3 is 0 Å².